The number of esters is 1. The smallest absolute Gasteiger partial charge is 0.331 e. The van der Waals surface area contributed by atoms with E-state index in [0.717, 1.165) is 0 Å². The van der Waals surface area contributed by atoms with Gasteiger partial charge in [-0.1, -0.05) is 31.5 Å². The topological polar surface area (TPSA) is 75.6 Å². The van der Waals surface area contributed by atoms with Crippen LogP contribution in [0.15, 0.2) is 30.3 Å². The molecule has 1 aromatic rings. The first kappa shape index (κ1) is 17.2. The largest absolute Gasteiger partial charge is 0.461 e. The SMILES string of the molecule is CCCC(O)C(NC(=O)c1ccccc1)C(=O)OC(C)C. The first-order valence-electron chi connectivity index (χ1n) is 7.20. The molecule has 116 valence electrons. The van der Waals surface area contributed by atoms with Gasteiger partial charge in [-0.25, -0.2) is 4.79 Å². The minimum atomic E-state index is -1.06. The molecule has 0 spiro atoms. The van der Waals surface area contributed by atoms with Gasteiger partial charge in [0.15, 0.2) is 6.04 Å². The molecule has 0 bridgehead atoms. The summed E-state index contributed by atoms with van der Waals surface area (Å²) < 4.78 is 5.10. The quantitative estimate of drug-likeness (QED) is 0.753. The number of aliphatic hydroxyl groups is 1. The Kier molecular flexibility index (Phi) is 6.88. The van der Waals surface area contributed by atoms with Gasteiger partial charge < -0.3 is 15.2 Å². The third-order valence-corrected chi connectivity index (χ3v) is 2.90. The van der Waals surface area contributed by atoms with E-state index in [1.165, 1.54) is 0 Å². The Balaban J connectivity index is 2.81. The Morgan fingerprint density at radius 1 is 1.24 bits per heavy atom. The first-order chi connectivity index (χ1) is 9.95. The van der Waals surface area contributed by atoms with Crippen LogP contribution in [-0.2, 0) is 9.53 Å². The highest BCUT2D eigenvalue weighted by Crippen LogP contribution is 2.08. The molecule has 0 aliphatic heterocycles. The van der Waals surface area contributed by atoms with Crippen molar-refractivity contribution in [1.82, 2.24) is 5.32 Å². The lowest BCUT2D eigenvalue weighted by atomic mass is 10.1. The summed E-state index contributed by atoms with van der Waals surface area (Å²) in [7, 11) is 0. The second kappa shape index (κ2) is 8.42. The molecule has 1 amide bonds. The number of rotatable bonds is 7. The molecule has 0 heterocycles. The number of carbonyl (C=O) groups excluding carboxylic acids is 2. The average Bonchev–Trinajstić information content (AvgIpc) is 2.44. The summed E-state index contributed by atoms with van der Waals surface area (Å²) in [5, 5.41) is 12.6. The van der Waals surface area contributed by atoms with Gasteiger partial charge in [0.2, 0.25) is 0 Å². The molecule has 2 N–H and O–H groups in total. The van der Waals surface area contributed by atoms with E-state index in [1.54, 1.807) is 44.2 Å². The molecule has 0 aliphatic carbocycles. The molecule has 0 aliphatic rings. The Morgan fingerprint density at radius 2 is 1.86 bits per heavy atom. The number of aliphatic hydroxyl groups excluding tert-OH is 1. The third kappa shape index (κ3) is 5.55. The van der Waals surface area contributed by atoms with Crippen molar-refractivity contribution in [2.45, 2.75) is 51.9 Å². The second-order valence-corrected chi connectivity index (χ2v) is 5.16. The van der Waals surface area contributed by atoms with Crippen LogP contribution in [0, 0.1) is 0 Å². The van der Waals surface area contributed by atoms with E-state index < -0.39 is 24.0 Å². The number of hydrogen-bond donors (Lipinski definition) is 2. The zero-order chi connectivity index (χ0) is 15.8. The molecule has 0 saturated heterocycles. The predicted octanol–water partition coefficient (Wildman–Crippen LogP) is 1.90. The number of nitrogens with one attached hydrogen (secondary N) is 1. The van der Waals surface area contributed by atoms with E-state index >= 15 is 0 Å². The van der Waals surface area contributed by atoms with Crippen LogP contribution in [0.2, 0.25) is 0 Å². The van der Waals surface area contributed by atoms with Crippen molar-refractivity contribution in [1.29, 1.82) is 0 Å². The van der Waals surface area contributed by atoms with Gasteiger partial charge in [-0.2, -0.15) is 0 Å². The molecule has 0 saturated carbocycles. The molecule has 1 aromatic carbocycles. The van der Waals surface area contributed by atoms with Gasteiger partial charge >= 0.3 is 5.97 Å². The molecule has 5 nitrogen and oxygen atoms in total. The maximum Gasteiger partial charge on any atom is 0.331 e. The number of carbonyl (C=O) groups is 2. The molecule has 0 aromatic heterocycles. The van der Waals surface area contributed by atoms with Gasteiger partial charge in [0.25, 0.3) is 5.91 Å². The summed E-state index contributed by atoms with van der Waals surface area (Å²) in [6, 6.07) is 7.50. The van der Waals surface area contributed by atoms with E-state index in [4.69, 9.17) is 4.74 Å². The van der Waals surface area contributed by atoms with E-state index in [0.29, 0.717) is 18.4 Å². The average molecular weight is 293 g/mol. The third-order valence-electron chi connectivity index (χ3n) is 2.90. The highest BCUT2D eigenvalue weighted by atomic mass is 16.5. The molecular formula is C16H23NO4. The lowest BCUT2D eigenvalue weighted by Gasteiger charge is -2.23. The second-order valence-electron chi connectivity index (χ2n) is 5.16. The summed E-state index contributed by atoms with van der Waals surface area (Å²) in [6.07, 6.45) is -0.155. The monoisotopic (exact) mass is 293 g/mol. The van der Waals surface area contributed by atoms with Gasteiger partial charge in [-0.15, -0.1) is 0 Å². The fourth-order valence-corrected chi connectivity index (χ4v) is 1.89. The first-order valence-corrected chi connectivity index (χ1v) is 7.20. The number of ether oxygens (including phenoxy) is 1. The van der Waals surface area contributed by atoms with Crippen molar-refractivity contribution in [3.8, 4) is 0 Å². The lowest BCUT2D eigenvalue weighted by Crippen LogP contribution is -2.50. The van der Waals surface area contributed by atoms with Crippen molar-refractivity contribution in [2.75, 3.05) is 0 Å². The van der Waals surface area contributed by atoms with E-state index in [-0.39, 0.29) is 6.10 Å². The van der Waals surface area contributed by atoms with Crippen LogP contribution in [0.25, 0.3) is 0 Å². The van der Waals surface area contributed by atoms with Crippen molar-refractivity contribution in [2.24, 2.45) is 0 Å². The van der Waals surface area contributed by atoms with E-state index in [1.807, 2.05) is 6.92 Å². The molecule has 2 atom stereocenters. The Morgan fingerprint density at radius 3 is 2.38 bits per heavy atom. The standard InChI is InChI=1S/C16H23NO4/c1-4-8-13(18)14(16(20)21-11(2)3)17-15(19)12-9-6-5-7-10-12/h5-7,9-11,13-14,18H,4,8H2,1-3H3,(H,17,19). The molecular weight excluding hydrogens is 270 g/mol. The van der Waals surface area contributed by atoms with Gasteiger partial charge in [-0.3, -0.25) is 4.79 Å². The number of benzene rings is 1. The predicted molar refractivity (Wildman–Crippen MR) is 79.8 cm³/mol. The molecule has 0 fully saturated rings. The van der Waals surface area contributed by atoms with Gasteiger partial charge in [0.1, 0.15) is 0 Å². The van der Waals surface area contributed by atoms with Crippen LogP contribution in [0.4, 0.5) is 0 Å². The van der Waals surface area contributed by atoms with Gasteiger partial charge in [0.05, 0.1) is 12.2 Å². The Hall–Kier alpha value is -1.88. The Bertz CT molecular complexity index is 459. The summed E-state index contributed by atoms with van der Waals surface area (Å²) in [4.78, 5) is 24.2. The normalized spacial score (nSPS) is 13.6. The maximum atomic E-state index is 12.1. The minimum absolute atomic E-state index is 0.303. The van der Waals surface area contributed by atoms with Crippen LogP contribution in [-0.4, -0.2) is 35.2 Å². The van der Waals surface area contributed by atoms with Crippen molar-refractivity contribution in [3.63, 3.8) is 0 Å². The van der Waals surface area contributed by atoms with Crippen LogP contribution < -0.4 is 5.32 Å². The number of hydrogen-bond acceptors (Lipinski definition) is 4. The number of amides is 1. The highest BCUT2D eigenvalue weighted by Gasteiger charge is 2.30. The van der Waals surface area contributed by atoms with Crippen LogP contribution >= 0.6 is 0 Å². The molecule has 21 heavy (non-hydrogen) atoms. The van der Waals surface area contributed by atoms with Crippen molar-refractivity contribution < 1.29 is 19.4 Å². The fourth-order valence-electron chi connectivity index (χ4n) is 1.89. The highest BCUT2D eigenvalue weighted by molar-refractivity contribution is 5.96. The zero-order valence-electron chi connectivity index (χ0n) is 12.7. The van der Waals surface area contributed by atoms with Crippen LogP contribution in [0.5, 0.6) is 0 Å². The van der Waals surface area contributed by atoms with E-state index in [9.17, 15) is 14.7 Å². The maximum absolute atomic E-state index is 12.1. The van der Waals surface area contributed by atoms with E-state index in [2.05, 4.69) is 5.32 Å². The molecule has 2 unspecified atom stereocenters. The molecule has 5 heteroatoms. The summed E-state index contributed by atoms with van der Waals surface area (Å²) >= 11 is 0. The minimum Gasteiger partial charge on any atom is -0.461 e. The van der Waals surface area contributed by atoms with Gasteiger partial charge in [0, 0.05) is 5.56 Å². The summed E-state index contributed by atoms with van der Waals surface area (Å²) in [6.45, 7) is 5.34. The lowest BCUT2D eigenvalue weighted by molar-refractivity contribution is -0.152. The zero-order valence-corrected chi connectivity index (χ0v) is 12.7. The summed E-state index contributed by atoms with van der Waals surface area (Å²) in [5.74, 6) is -1.02. The van der Waals surface area contributed by atoms with Crippen LogP contribution in [0.3, 0.4) is 0 Å². The molecule has 1 rings (SSSR count). The Labute approximate surface area is 125 Å². The van der Waals surface area contributed by atoms with Crippen molar-refractivity contribution >= 4 is 11.9 Å². The van der Waals surface area contributed by atoms with Crippen molar-refractivity contribution in [3.05, 3.63) is 35.9 Å². The van der Waals surface area contributed by atoms with Gasteiger partial charge in [-0.05, 0) is 32.4 Å². The van der Waals surface area contributed by atoms with Crippen LogP contribution in [0.1, 0.15) is 44.0 Å². The molecule has 0 radical (unpaired) electrons. The fraction of sp³-hybridized carbons (Fsp3) is 0.500. The summed E-state index contributed by atoms with van der Waals surface area (Å²) in [5.41, 5.74) is 0.434.